The van der Waals surface area contributed by atoms with E-state index in [1.807, 2.05) is 0 Å². The number of unbranched alkanes of at least 4 members (excludes halogenated alkanes) is 11. The molecule has 0 aliphatic heterocycles. The molecule has 0 aromatic rings. The quantitative estimate of drug-likeness (QED) is 0.0551. The number of rotatable bonds is 31. The van der Waals surface area contributed by atoms with E-state index in [2.05, 4.69) is 62.3 Å². The van der Waals surface area contributed by atoms with E-state index in [1.165, 1.54) is 103 Å². The van der Waals surface area contributed by atoms with Crippen molar-refractivity contribution in [3.8, 4) is 0 Å². The van der Waals surface area contributed by atoms with Crippen molar-refractivity contribution in [1.82, 2.24) is 0 Å². The van der Waals surface area contributed by atoms with Gasteiger partial charge in [-0.05, 0) is 0 Å². The van der Waals surface area contributed by atoms with Crippen LogP contribution >= 0.6 is 21.3 Å². The maximum absolute atomic E-state index is 15.9. The third-order valence-electron chi connectivity index (χ3n) is 10.6. The van der Waals surface area contributed by atoms with Crippen LogP contribution in [0.3, 0.4) is 0 Å². The van der Waals surface area contributed by atoms with Gasteiger partial charge in [-0.1, -0.05) is 0 Å². The molecule has 0 rings (SSSR count). The number of hydrogen-bond acceptors (Lipinski definition) is 3. The van der Waals surface area contributed by atoms with Crippen molar-refractivity contribution in [2.45, 2.75) is 178 Å². The van der Waals surface area contributed by atoms with E-state index in [0.717, 1.165) is 62.1 Å². The van der Waals surface area contributed by atoms with Gasteiger partial charge in [0.2, 0.25) is 0 Å². The molecule has 0 aliphatic carbocycles. The van der Waals surface area contributed by atoms with Gasteiger partial charge in [-0.2, -0.15) is 0 Å². The van der Waals surface area contributed by atoms with E-state index in [9.17, 15) is 0 Å². The average Bonchev–Trinajstić information content (AvgIpc) is 3.01. The van der Waals surface area contributed by atoms with Crippen molar-refractivity contribution in [2.24, 2.45) is 0 Å². The maximum atomic E-state index is 15.9. The zero-order valence-corrected chi connectivity index (χ0v) is 33.3. The molecule has 6 heteroatoms. The average molecular weight is 655 g/mol. The van der Waals surface area contributed by atoms with Crippen molar-refractivity contribution < 1.29 is 13.2 Å². The first kappa shape index (κ1) is 43.0. The Morgan fingerprint density at radius 1 is 0.381 bits per heavy atom. The molecular weight excluding hydrogens is 573 g/mol. The minimum atomic E-state index is -3.31. The summed E-state index contributed by atoms with van der Waals surface area (Å²) in [6, 6.07) is 0. The molecule has 0 heterocycles. The molecule has 0 saturated carbocycles. The van der Waals surface area contributed by atoms with Crippen LogP contribution in [0, 0.1) is 0 Å². The molecule has 0 atom stereocenters. The molecule has 0 aromatic carbocycles. The second-order valence-corrected chi connectivity index (χ2v) is 28.4. The Labute approximate surface area is 267 Å². The normalized spacial score (nSPS) is 16.0. The fourth-order valence-corrected chi connectivity index (χ4v) is 27.3. The SMILES string of the molecule is CCCCCCCCP(=O)(OP(CC)(CCCC)(CCCC)CCCC)OP(CC)(CCCC)(CCCC)CCCC. The second kappa shape index (κ2) is 22.5. The summed E-state index contributed by atoms with van der Waals surface area (Å²) in [5.41, 5.74) is 0. The van der Waals surface area contributed by atoms with E-state index >= 15 is 4.57 Å². The van der Waals surface area contributed by atoms with Crippen molar-refractivity contribution in [1.29, 1.82) is 0 Å². The standard InChI is InChI=1S/C36H81O3P3/c1-10-19-26-27-28-29-30-40(37,38-41(17-8,31-20-11-2,32-21-12-3)33-22-13-4)39-42(18-9,34-23-14-5,35-24-15-6)36-25-16-7/h10-36H2,1-9H3. The zero-order valence-electron chi connectivity index (χ0n) is 30.7. The molecule has 42 heavy (non-hydrogen) atoms. The Kier molecular flexibility index (Phi) is 23.1. The fourth-order valence-electron chi connectivity index (χ4n) is 7.21. The van der Waals surface area contributed by atoms with E-state index < -0.39 is 21.3 Å². The molecule has 0 N–H and O–H groups in total. The Balaban J connectivity index is 7.07. The Bertz CT molecular complexity index is 614. The van der Waals surface area contributed by atoms with Crippen LogP contribution in [0.25, 0.3) is 0 Å². The molecule has 0 radical (unpaired) electrons. The Morgan fingerprint density at radius 3 is 0.905 bits per heavy atom. The molecule has 0 aliphatic rings. The van der Waals surface area contributed by atoms with E-state index in [4.69, 9.17) is 8.62 Å². The van der Waals surface area contributed by atoms with Crippen LogP contribution in [0.4, 0.5) is 0 Å². The third kappa shape index (κ3) is 14.2. The van der Waals surface area contributed by atoms with Crippen LogP contribution in [0.5, 0.6) is 0 Å². The number of hydrogen-bond donors (Lipinski definition) is 0. The van der Waals surface area contributed by atoms with Crippen LogP contribution in [-0.2, 0) is 13.2 Å². The molecule has 0 spiro atoms. The topological polar surface area (TPSA) is 35.5 Å². The molecular formula is C36H81O3P3. The van der Waals surface area contributed by atoms with Crippen LogP contribution in [0.1, 0.15) is 178 Å². The van der Waals surface area contributed by atoms with Gasteiger partial charge >= 0.3 is 268 Å². The Morgan fingerprint density at radius 2 is 0.643 bits per heavy atom. The van der Waals surface area contributed by atoms with E-state index in [1.54, 1.807) is 0 Å². The third-order valence-corrected chi connectivity index (χ3v) is 29.0. The van der Waals surface area contributed by atoms with Gasteiger partial charge in [0.15, 0.2) is 0 Å². The predicted molar refractivity (Wildman–Crippen MR) is 202 cm³/mol. The van der Waals surface area contributed by atoms with Gasteiger partial charge in [0.1, 0.15) is 0 Å². The van der Waals surface area contributed by atoms with Gasteiger partial charge in [0.25, 0.3) is 0 Å². The van der Waals surface area contributed by atoms with Crippen LogP contribution in [-0.4, -0.2) is 55.5 Å². The monoisotopic (exact) mass is 655 g/mol. The molecule has 0 amide bonds. The molecule has 3 nitrogen and oxygen atoms in total. The molecule has 0 bridgehead atoms. The summed E-state index contributed by atoms with van der Waals surface area (Å²) >= 11 is 0. The van der Waals surface area contributed by atoms with Gasteiger partial charge in [-0.15, -0.1) is 0 Å². The molecule has 258 valence electrons. The first-order valence-corrected chi connectivity index (χ1v) is 26.6. The summed E-state index contributed by atoms with van der Waals surface area (Å²) in [5, 5.41) is 0. The summed E-state index contributed by atoms with van der Waals surface area (Å²) in [4.78, 5) is 0. The minimum absolute atomic E-state index is 0.643. The molecule has 0 fully saturated rings. The van der Waals surface area contributed by atoms with Crippen molar-refractivity contribution in [3.63, 3.8) is 0 Å². The predicted octanol–water partition coefficient (Wildman–Crippen LogP) is 14.4. The van der Waals surface area contributed by atoms with Gasteiger partial charge in [0, 0.05) is 0 Å². The van der Waals surface area contributed by atoms with Crippen molar-refractivity contribution >= 4 is 21.3 Å². The second-order valence-electron chi connectivity index (χ2n) is 14.1. The molecule has 0 unspecified atom stereocenters. The van der Waals surface area contributed by atoms with Crippen molar-refractivity contribution in [2.75, 3.05) is 55.5 Å². The fraction of sp³-hybridized carbons (Fsp3) is 1.00. The van der Waals surface area contributed by atoms with Gasteiger partial charge < -0.3 is 0 Å². The van der Waals surface area contributed by atoms with Crippen LogP contribution < -0.4 is 0 Å². The summed E-state index contributed by atoms with van der Waals surface area (Å²) in [7, 11) is -3.31. The summed E-state index contributed by atoms with van der Waals surface area (Å²) < 4.78 is 31.3. The van der Waals surface area contributed by atoms with Crippen LogP contribution in [0.15, 0.2) is 0 Å². The zero-order chi connectivity index (χ0) is 31.9. The summed E-state index contributed by atoms with van der Waals surface area (Å²) in [5.74, 6) is 0. The van der Waals surface area contributed by atoms with Gasteiger partial charge in [-0.25, -0.2) is 0 Å². The van der Waals surface area contributed by atoms with Crippen LogP contribution in [0.2, 0.25) is 0 Å². The first-order valence-electron chi connectivity index (χ1n) is 19.1. The molecule has 0 aromatic heterocycles. The first-order chi connectivity index (χ1) is 20.1. The van der Waals surface area contributed by atoms with Gasteiger partial charge in [0.05, 0.1) is 0 Å². The van der Waals surface area contributed by atoms with E-state index in [0.29, 0.717) is 6.16 Å². The summed E-state index contributed by atoms with van der Waals surface area (Å²) in [6.07, 6.45) is 31.1. The van der Waals surface area contributed by atoms with Crippen molar-refractivity contribution in [3.05, 3.63) is 0 Å². The van der Waals surface area contributed by atoms with E-state index in [-0.39, 0.29) is 0 Å². The Hall–Kier alpha value is 1.01. The summed E-state index contributed by atoms with van der Waals surface area (Å²) in [6.45, 7) is 15.5. The molecule has 0 saturated heterocycles. The van der Waals surface area contributed by atoms with Gasteiger partial charge in [-0.3, -0.25) is 0 Å².